The monoisotopic (exact) mass is 269 g/mol. The average Bonchev–Trinajstić information content (AvgIpc) is 2.53. The van der Waals surface area contributed by atoms with Gasteiger partial charge in [-0.05, 0) is 36.8 Å². The lowest BCUT2D eigenvalue weighted by Crippen LogP contribution is -2.20. The molecule has 0 bridgehead atoms. The number of amides is 1. The molecule has 2 aromatic rings. The SMILES string of the molecule is CNC(=O)c1ccc(CNC(C)c2ccccn2)cc1. The zero-order valence-corrected chi connectivity index (χ0v) is 11.8. The maximum absolute atomic E-state index is 11.4. The van der Waals surface area contributed by atoms with Gasteiger partial charge in [0.05, 0.1) is 5.69 Å². The van der Waals surface area contributed by atoms with E-state index in [1.165, 1.54) is 0 Å². The number of benzene rings is 1. The van der Waals surface area contributed by atoms with Crippen molar-refractivity contribution in [2.24, 2.45) is 0 Å². The Balaban J connectivity index is 1.93. The zero-order valence-electron chi connectivity index (χ0n) is 11.8. The van der Waals surface area contributed by atoms with Crippen molar-refractivity contribution in [2.75, 3.05) is 7.05 Å². The summed E-state index contributed by atoms with van der Waals surface area (Å²) in [6.07, 6.45) is 1.80. The Morgan fingerprint density at radius 3 is 2.55 bits per heavy atom. The summed E-state index contributed by atoms with van der Waals surface area (Å²) in [5.41, 5.74) is 2.84. The molecular formula is C16H19N3O. The van der Waals surface area contributed by atoms with Gasteiger partial charge in [-0.3, -0.25) is 9.78 Å². The van der Waals surface area contributed by atoms with Crippen LogP contribution in [0.1, 0.15) is 34.6 Å². The molecule has 0 radical (unpaired) electrons. The van der Waals surface area contributed by atoms with E-state index in [1.807, 2.05) is 42.5 Å². The smallest absolute Gasteiger partial charge is 0.251 e. The summed E-state index contributed by atoms with van der Waals surface area (Å²) in [4.78, 5) is 15.8. The van der Waals surface area contributed by atoms with Crippen LogP contribution < -0.4 is 10.6 Å². The number of carbonyl (C=O) groups is 1. The first-order chi connectivity index (χ1) is 9.70. The summed E-state index contributed by atoms with van der Waals surface area (Å²) in [5.74, 6) is -0.0636. The van der Waals surface area contributed by atoms with Crippen LogP contribution in [0.4, 0.5) is 0 Å². The molecule has 2 rings (SSSR count). The molecule has 0 aliphatic heterocycles. The fourth-order valence-corrected chi connectivity index (χ4v) is 1.93. The third kappa shape index (κ3) is 3.65. The van der Waals surface area contributed by atoms with Crippen molar-refractivity contribution >= 4 is 5.91 Å². The molecule has 1 atom stereocenters. The van der Waals surface area contributed by atoms with E-state index in [0.29, 0.717) is 5.56 Å². The summed E-state index contributed by atoms with van der Waals surface area (Å²) in [6, 6.07) is 13.7. The molecule has 1 aromatic heterocycles. The molecule has 1 unspecified atom stereocenters. The van der Waals surface area contributed by atoms with Crippen LogP contribution in [-0.2, 0) is 6.54 Å². The average molecular weight is 269 g/mol. The van der Waals surface area contributed by atoms with Gasteiger partial charge in [-0.1, -0.05) is 18.2 Å². The van der Waals surface area contributed by atoms with Crippen LogP contribution in [0.25, 0.3) is 0 Å². The molecule has 0 spiro atoms. The van der Waals surface area contributed by atoms with Gasteiger partial charge in [0.25, 0.3) is 5.91 Å². The lowest BCUT2D eigenvalue weighted by atomic mass is 10.1. The van der Waals surface area contributed by atoms with Crippen LogP contribution in [0.5, 0.6) is 0 Å². The lowest BCUT2D eigenvalue weighted by molar-refractivity contribution is 0.0963. The first-order valence-corrected chi connectivity index (χ1v) is 6.66. The van der Waals surface area contributed by atoms with E-state index in [4.69, 9.17) is 0 Å². The van der Waals surface area contributed by atoms with Crippen molar-refractivity contribution < 1.29 is 4.79 Å². The highest BCUT2D eigenvalue weighted by molar-refractivity contribution is 5.93. The quantitative estimate of drug-likeness (QED) is 0.875. The molecule has 4 heteroatoms. The highest BCUT2D eigenvalue weighted by Gasteiger charge is 2.06. The molecule has 1 heterocycles. The van der Waals surface area contributed by atoms with E-state index in [1.54, 1.807) is 13.2 Å². The van der Waals surface area contributed by atoms with Crippen molar-refractivity contribution in [3.63, 3.8) is 0 Å². The van der Waals surface area contributed by atoms with Crippen molar-refractivity contribution in [1.29, 1.82) is 0 Å². The van der Waals surface area contributed by atoms with E-state index in [0.717, 1.165) is 17.8 Å². The molecule has 0 saturated heterocycles. The molecular weight excluding hydrogens is 250 g/mol. The Labute approximate surface area is 119 Å². The summed E-state index contributed by atoms with van der Waals surface area (Å²) in [6.45, 7) is 2.83. The van der Waals surface area contributed by atoms with Crippen LogP contribution in [0.15, 0.2) is 48.7 Å². The molecule has 0 aliphatic carbocycles. The number of hydrogen-bond acceptors (Lipinski definition) is 3. The van der Waals surface area contributed by atoms with Gasteiger partial charge in [0.15, 0.2) is 0 Å². The number of hydrogen-bond donors (Lipinski definition) is 2. The van der Waals surface area contributed by atoms with Gasteiger partial charge in [0, 0.05) is 31.4 Å². The second-order valence-corrected chi connectivity index (χ2v) is 4.63. The summed E-state index contributed by atoms with van der Waals surface area (Å²) >= 11 is 0. The Morgan fingerprint density at radius 2 is 1.95 bits per heavy atom. The predicted molar refractivity (Wildman–Crippen MR) is 79.3 cm³/mol. The molecule has 0 aliphatic rings. The van der Waals surface area contributed by atoms with Gasteiger partial charge >= 0.3 is 0 Å². The summed E-state index contributed by atoms with van der Waals surface area (Å²) in [5, 5.41) is 6.02. The Morgan fingerprint density at radius 1 is 1.20 bits per heavy atom. The van der Waals surface area contributed by atoms with Crippen LogP contribution in [-0.4, -0.2) is 17.9 Å². The van der Waals surface area contributed by atoms with Crippen LogP contribution >= 0.6 is 0 Å². The Bertz CT molecular complexity index is 552. The number of nitrogens with zero attached hydrogens (tertiary/aromatic N) is 1. The molecule has 104 valence electrons. The molecule has 0 fully saturated rings. The minimum atomic E-state index is -0.0636. The number of nitrogens with one attached hydrogen (secondary N) is 2. The fourth-order valence-electron chi connectivity index (χ4n) is 1.93. The Hall–Kier alpha value is -2.20. The molecule has 20 heavy (non-hydrogen) atoms. The van der Waals surface area contributed by atoms with Crippen LogP contribution in [0.3, 0.4) is 0 Å². The topological polar surface area (TPSA) is 54.0 Å². The molecule has 1 aromatic carbocycles. The van der Waals surface area contributed by atoms with Crippen molar-refractivity contribution in [3.8, 4) is 0 Å². The largest absolute Gasteiger partial charge is 0.355 e. The van der Waals surface area contributed by atoms with Gasteiger partial charge in [0.2, 0.25) is 0 Å². The maximum atomic E-state index is 11.4. The van der Waals surface area contributed by atoms with Gasteiger partial charge in [0.1, 0.15) is 0 Å². The van der Waals surface area contributed by atoms with Gasteiger partial charge in [-0.2, -0.15) is 0 Å². The van der Waals surface area contributed by atoms with Crippen molar-refractivity contribution in [1.82, 2.24) is 15.6 Å². The van der Waals surface area contributed by atoms with Crippen LogP contribution in [0.2, 0.25) is 0 Å². The van der Waals surface area contributed by atoms with Crippen molar-refractivity contribution in [3.05, 3.63) is 65.5 Å². The van der Waals surface area contributed by atoms with E-state index < -0.39 is 0 Å². The standard InChI is InChI=1S/C16H19N3O/c1-12(15-5-3-4-10-18-15)19-11-13-6-8-14(9-7-13)16(20)17-2/h3-10,12,19H,11H2,1-2H3,(H,17,20). The van der Waals surface area contributed by atoms with E-state index in [9.17, 15) is 4.79 Å². The number of pyridine rings is 1. The zero-order chi connectivity index (χ0) is 14.4. The van der Waals surface area contributed by atoms with Gasteiger partial charge in [-0.15, -0.1) is 0 Å². The highest BCUT2D eigenvalue weighted by atomic mass is 16.1. The first kappa shape index (κ1) is 14.2. The van der Waals surface area contributed by atoms with Gasteiger partial charge < -0.3 is 10.6 Å². The second-order valence-electron chi connectivity index (χ2n) is 4.63. The maximum Gasteiger partial charge on any atom is 0.251 e. The summed E-state index contributed by atoms with van der Waals surface area (Å²) < 4.78 is 0. The first-order valence-electron chi connectivity index (χ1n) is 6.66. The Kier molecular flexibility index (Phi) is 4.85. The third-order valence-corrected chi connectivity index (χ3v) is 3.19. The third-order valence-electron chi connectivity index (χ3n) is 3.19. The predicted octanol–water partition coefficient (Wildman–Crippen LogP) is 2.29. The van der Waals surface area contributed by atoms with E-state index in [2.05, 4.69) is 22.5 Å². The minimum absolute atomic E-state index is 0.0636. The number of carbonyl (C=O) groups excluding carboxylic acids is 1. The minimum Gasteiger partial charge on any atom is -0.355 e. The molecule has 0 saturated carbocycles. The lowest BCUT2D eigenvalue weighted by Gasteiger charge is -2.13. The number of rotatable bonds is 5. The highest BCUT2D eigenvalue weighted by Crippen LogP contribution is 2.10. The van der Waals surface area contributed by atoms with E-state index in [-0.39, 0.29) is 11.9 Å². The molecule has 1 amide bonds. The molecule has 4 nitrogen and oxygen atoms in total. The number of aromatic nitrogens is 1. The summed E-state index contributed by atoms with van der Waals surface area (Å²) in [7, 11) is 1.63. The second kappa shape index (κ2) is 6.82. The fraction of sp³-hybridized carbons (Fsp3) is 0.250. The van der Waals surface area contributed by atoms with Crippen LogP contribution in [0, 0.1) is 0 Å². The van der Waals surface area contributed by atoms with Gasteiger partial charge in [-0.25, -0.2) is 0 Å². The molecule has 2 N–H and O–H groups in total. The van der Waals surface area contributed by atoms with E-state index >= 15 is 0 Å². The normalized spacial score (nSPS) is 11.9. The van der Waals surface area contributed by atoms with Crippen molar-refractivity contribution in [2.45, 2.75) is 19.5 Å².